The molecule has 0 bridgehead atoms. The second kappa shape index (κ2) is 7.67. The molecule has 0 fully saturated rings. The van der Waals surface area contributed by atoms with Crippen molar-refractivity contribution in [1.82, 2.24) is 15.0 Å². The number of thioether (sulfide) groups is 1. The minimum absolute atomic E-state index is 0.195. The Morgan fingerprint density at radius 1 is 1.15 bits per heavy atom. The van der Waals surface area contributed by atoms with E-state index in [-0.39, 0.29) is 5.28 Å². The van der Waals surface area contributed by atoms with Crippen LogP contribution in [-0.4, -0.2) is 21.5 Å². The van der Waals surface area contributed by atoms with Crippen LogP contribution in [0.5, 0.6) is 0 Å². The molecule has 1 N–H and O–H groups in total. The Labute approximate surface area is 132 Å². The van der Waals surface area contributed by atoms with Crippen LogP contribution < -0.4 is 5.32 Å². The van der Waals surface area contributed by atoms with E-state index < -0.39 is 0 Å². The molecule has 0 spiro atoms. The van der Waals surface area contributed by atoms with Crippen molar-refractivity contribution < 1.29 is 0 Å². The molecule has 7 heteroatoms. The highest BCUT2D eigenvalue weighted by molar-refractivity contribution is 7.98. The molecular weight excluding hydrogens is 315 g/mol. The summed E-state index contributed by atoms with van der Waals surface area (Å²) in [6.07, 6.45) is 0.991. The van der Waals surface area contributed by atoms with Crippen LogP contribution in [0.1, 0.15) is 18.9 Å². The molecule has 0 atom stereocenters. The second-order valence-corrected chi connectivity index (χ2v) is 5.71. The van der Waals surface area contributed by atoms with Crippen LogP contribution in [0.15, 0.2) is 29.4 Å². The van der Waals surface area contributed by atoms with Crippen molar-refractivity contribution in [1.29, 1.82) is 0 Å². The first-order valence-corrected chi connectivity index (χ1v) is 7.95. The second-order valence-electron chi connectivity index (χ2n) is 4.02. The minimum Gasteiger partial charge on any atom is -0.354 e. The van der Waals surface area contributed by atoms with Gasteiger partial charge in [-0.25, -0.2) is 0 Å². The first kappa shape index (κ1) is 15.4. The fourth-order valence-corrected chi connectivity index (χ4v) is 2.80. The Kier molecular flexibility index (Phi) is 5.88. The third-order valence-corrected chi connectivity index (χ3v) is 3.87. The maximum Gasteiger partial charge on any atom is 0.228 e. The molecule has 0 saturated carbocycles. The third kappa shape index (κ3) is 4.51. The van der Waals surface area contributed by atoms with E-state index in [0.29, 0.717) is 16.9 Å². The number of rotatable bonds is 6. The molecule has 2 aromatic rings. The molecule has 0 aliphatic rings. The molecule has 1 aromatic carbocycles. The lowest BCUT2D eigenvalue weighted by Gasteiger charge is -2.06. The number of halogens is 2. The number of hydrogen-bond acceptors (Lipinski definition) is 5. The summed E-state index contributed by atoms with van der Waals surface area (Å²) in [6, 6.07) is 7.71. The van der Waals surface area contributed by atoms with E-state index in [1.165, 1.54) is 11.8 Å². The summed E-state index contributed by atoms with van der Waals surface area (Å²) >= 11 is 13.5. The predicted octanol–water partition coefficient (Wildman–Crippen LogP) is 4.29. The van der Waals surface area contributed by atoms with Crippen molar-refractivity contribution >= 4 is 40.9 Å². The van der Waals surface area contributed by atoms with Crippen LogP contribution in [0.25, 0.3) is 0 Å². The first-order valence-electron chi connectivity index (χ1n) is 6.20. The molecule has 106 valence electrons. The molecule has 0 amide bonds. The highest BCUT2D eigenvalue weighted by Gasteiger charge is 2.07. The van der Waals surface area contributed by atoms with Gasteiger partial charge in [-0.05, 0) is 29.7 Å². The number of anilines is 1. The van der Waals surface area contributed by atoms with Crippen LogP contribution >= 0.6 is 35.0 Å². The Morgan fingerprint density at radius 3 is 2.70 bits per heavy atom. The largest absolute Gasteiger partial charge is 0.354 e. The van der Waals surface area contributed by atoms with Gasteiger partial charge in [0, 0.05) is 17.3 Å². The maximum absolute atomic E-state index is 6.12. The van der Waals surface area contributed by atoms with E-state index in [2.05, 4.69) is 27.2 Å². The van der Waals surface area contributed by atoms with Gasteiger partial charge < -0.3 is 5.32 Å². The number of nitrogens with zero attached hydrogens (tertiary/aromatic N) is 3. The topological polar surface area (TPSA) is 50.7 Å². The summed E-state index contributed by atoms with van der Waals surface area (Å²) in [5.74, 6) is 1.20. The fourth-order valence-electron chi connectivity index (χ4n) is 1.47. The van der Waals surface area contributed by atoms with Gasteiger partial charge in [0.2, 0.25) is 11.2 Å². The smallest absolute Gasteiger partial charge is 0.228 e. The van der Waals surface area contributed by atoms with Crippen LogP contribution in [0.4, 0.5) is 5.95 Å². The molecule has 1 aromatic heterocycles. The molecule has 0 unspecified atom stereocenters. The average Bonchev–Trinajstić information content (AvgIpc) is 2.44. The maximum atomic E-state index is 6.12. The summed E-state index contributed by atoms with van der Waals surface area (Å²) in [5.41, 5.74) is 1.04. The quantitative estimate of drug-likeness (QED) is 0.801. The van der Waals surface area contributed by atoms with E-state index in [9.17, 15) is 0 Å². The van der Waals surface area contributed by atoms with E-state index in [0.717, 1.165) is 23.6 Å². The van der Waals surface area contributed by atoms with E-state index >= 15 is 0 Å². The van der Waals surface area contributed by atoms with Crippen molar-refractivity contribution in [2.45, 2.75) is 24.3 Å². The van der Waals surface area contributed by atoms with Gasteiger partial charge in [-0.3, -0.25) is 0 Å². The standard InChI is InChI=1S/C13H14Cl2N4S/c1-2-7-16-12-17-11(15)18-13(19-12)20-8-9-5-3-4-6-10(9)14/h3-6H,2,7-8H2,1H3,(H,16,17,18,19). The van der Waals surface area contributed by atoms with Gasteiger partial charge in [-0.15, -0.1) is 0 Å². The number of benzene rings is 1. The molecule has 0 saturated heterocycles. The van der Waals surface area contributed by atoms with E-state index in [1.807, 2.05) is 24.3 Å². The summed E-state index contributed by atoms with van der Waals surface area (Å²) in [7, 11) is 0. The van der Waals surface area contributed by atoms with Gasteiger partial charge in [0.25, 0.3) is 0 Å². The van der Waals surface area contributed by atoms with Crippen molar-refractivity contribution in [3.8, 4) is 0 Å². The number of hydrogen-bond donors (Lipinski definition) is 1. The highest BCUT2D eigenvalue weighted by Crippen LogP contribution is 2.25. The Bertz CT molecular complexity index is 580. The van der Waals surface area contributed by atoms with Gasteiger partial charge in [0.1, 0.15) is 0 Å². The lowest BCUT2D eigenvalue weighted by Crippen LogP contribution is -2.06. The molecule has 1 heterocycles. The number of aromatic nitrogens is 3. The zero-order valence-electron chi connectivity index (χ0n) is 10.9. The average molecular weight is 329 g/mol. The third-order valence-electron chi connectivity index (χ3n) is 2.44. The molecular formula is C13H14Cl2N4S. The van der Waals surface area contributed by atoms with Crippen molar-refractivity contribution in [2.24, 2.45) is 0 Å². The van der Waals surface area contributed by atoms with Crippen LogP contribution in [-0.2, 0) is 5.75 Å². The molecule has 0 aliphatic carbocycles. The van der Waals surface area contributed by atoms with E-state index in [4.69, 9.17) is 23.2 Å². The molecule has 0 aliphatic heterocycles. The SMILES string of the molecule is CCCNc1nc(Cl)nc(SCc2ccccc2Cl)n1. The summed E-state index contributed by atoms with van der Waals surface area (Å²) in [5, 5.41) is 4.62. The lowest BCUT2D eigenvalue weighted by molar-refractivity contribution is 0.877. The van der Waals surface area contributed by atoms with Crippen molar-refractivity contribution in [3.05, 3.63) is 40.1 Å². The molecule has 4 nitrogen and oxygen atoms in total. The van der Waals surface area contributed by atoms with Gasteiger partial charge in [0.05, 0.1) is 0 Å². The lowest BCUT2D eigenvalue weighted by atomic mass is 10.2. The Morgan fingerprint density at radius 2 is 1.95 bits per heavy atom. The summed E-state index contributed by atoms with van der Waals surface area (Å²) < 4.78 is 0. The summed E-state index contributed by atoms with van der Waals surface area (Å²) in [6.45, 7) is 2.87. The predicted molar refractivity (Wildman–Crippen MR) is 84.6 cm³/mol. The van der Waals surface area contributed by atoms with E-state index in [1.54, 1.807) is 0 Å². The zero-order valence-corrected chi connectivity index (χ0v) is 13.3. The van der Waals surface area contributed by atoms with Crippen LogP contribution in [0.3, 0.4) is 0 Å². The highest BCUT2D eigenvalue weighted by atomic mass is 35.5. The Hall–Kier alpha value is -1.04. The van der Waals surface area contributed by atoms with Crippen LogP contribution in [0, 0.1) is 0 Å². The normalized spacial score (nSPS) is 10.6. The molecule has 20 heavy (non-hydrogen) atoms. The monoisotopic (exact) mass is 328 g/mol. The molecule has 2 rings (SSSR count). The first-order chi connectivity index (χ1) is 9.69. The van der Waals surface area contributed by atoms with Gasteiger partial charge >= 0.3 is 0 Å². The zero-order chi connectivity index (χ0) is 14.4. The summed E-state index contributed by atoms with van der Waals surface area (Å²) in [4.78, 5) is 12.5. The minimum atomic E-state index is 0.195. The van der Waals surface area contributed by atoms with Gasteiger partial charge in [-0.2, -0.15) is 15.0 Å². The van der Waals surface area contributed by atoms with Crippen molar-refractivity contribution in [2.75, 3.05) is 11.9 Å². The van der Waals surface area contributed by atoms with Gasteiger partial charge in [-0.1, -0.05) is 48.5 Å². The fraction of sp³-hybridized carbons (Fsp3) is 0.308. The molecule has 0 radical (unpaired) electrons. The van der Waals surface area contributed by atoms with Gasteiger partial charge in [0.15, 0.2) is 5.16 Å². The van der Waals surface area contributed by atoms with Crippen LogP contribution in [0.2, 0.25) is 10.3 Å². The number of nitrogens with one attached hydrogen (secondary N) is 1. The van der Waals surface area contributed by atoms with Crippen molar-refractivity contribution in [3.63, 3.8) is 0 Å². The Balaban J connectivity index is 2.05.